The summed E-state index contributed by atoms with van der Waals surface area (Å²) in [6, 6.07) is 8.07. The molecule has 2 atom stereocenters. The maximum Gasteiger partial charge on any atom is 0.159 e. The molecule has 1 aliphatic rings. The zero-order chi connectivity index (χ0) is 15.9. The number of hydrogen-bond acceptors (Lipinski definition) is 2. The van der Waals surface area contributed by atoms with Gasteiger partial charge in [-0.25, -0.2) is 0 Å². The van der Waals surface area contributed by atoms with E-state index in [9.17, 15) is 4.79 Å². The van der Waals surface area contributed by atoms with Gasteiger partial charge in [0.2, 0.25) is 0 Å². The third-order valence-corrected chi connectivity index (χ3v) is 4.57. The van der Waals surface area contributed by atoms with E-state index in [2.05, 4.69) is 6.92 Å². The molecule has 0 aliphatic carbocycles. The van der Waals surface area contributed by atoms with E-state index in [0.29, 0.717) is 18.6 Å². The second kappa shape index (κ2) is 8.38. The van der Waals surface area contributed by atoms with Gasteiger partial charge in [-0.1, -0.05) is 49.6 Å². The fourth-order valence-electron chi connectivity index (χ4n) is 2.66. The minimum absolute atomic E-state index is 0.0196. The van der Waals surface area contributed by atoms with Gasteiger partial charge in [0.05, 0.1) is 5.38 Å². The Kier molecular flexibility index (Phi) is 6.50. The Hall–Kier alpha value is -1.28. The molecule has 1 aliphatic heterocycles. The molecule has 120 valence electrons. The number of hydrogen-bond donors (Lipinski definition) is 0. The van der Waals surface area contributed by atoms with Gasteiger partial charge in [0, 0.05) is 18.1 Å². The van der Waals surface area contributed by atoms with Crippen molar-refractivity contribution >= 4 is 23.1 Å². The average molecular weight is 321 g/mol. The van der Waals surface area contributed by atoms with E-state index >= 15 is 0 Å². The highest BCUT2D eigenvalue weighted by molar-refractivity contribution is 6.21. The first-order valence-corrected chi connectivity index (χ1v) is 8.66. The Labute approximate surface area is 138 Å². The van der Waals surface area contributed by atoms with Gasteiger partial charge in [-0.15, -0.1) is 11.6 Å². The number of rotatable bonds is 5. The molecule has 1 heterocycles. The number of alkyl halides is 1. The molecule has 2 rings (SSSR count). The lowest BCUT2D eigenvalue weighted by atomic mass is 10.0. The largest absolute Gasteiger partial charge is 0.488 e. The average Bonchev–Trinajstić information content (AvgIpc) is 2.50. The van der Waals surface area contributed by atoms with Gasteiger partial charge in [-0.3, -0.25) is 4.79 Å². The molecule has 0 saturated carbocycles. The normalized spacial score (nSPS) is 24.9. The number of carbonyl (C=O) groups excluding carboxylic acids is 1. The van der Waals surface area contributed by atoms with E-state index in [1.54, 1.807) is 6.08 Å². The van der Waals surface area contributed by atoms with Crippen LogP contribution in [-0.2, 0) is 9.53 Å². The van der Waals surface area contributed by atoms with Crippen molar-refractivity contribution in [1.82, 2.24) is 0 Å². The van der Waals surface area contributed by atoms with Gasteiger partial charge >= 0.3 is 0 Å². The number of halogens is 1. The molecular formula is C19H25ClO2. The zero-order valence-electron chi connectivity index (χ0n) is 13.5. The predicted molar refractivity (Wildman–Crippen MR) is 92.1 cm³/mol. The molecule has 0 saturated heterocycles. The summed E-state index contributed by atoms with van der Waals surface area (Å²) in [6.45, 7) is 4.23. The number of benzene rings is 1. The van der Waals surface area contributed by atoms with Crippen LogP contribution in [-0.4, -0.2) is 17.3 Å². The molecule has 2 nitrogen and oxygen atoms in total. The lowest BCUT2D eigenvalue weighted by Gasteiger charge is -2.27. The second-order valence-corrected chi connectivity index (χ2v) is 6.61. The van der Waals surface area contributed by atoms with Gasteiger partial charge in [0.1, 0.15) is 11.9 Å². The van der Waals surface area contributed by atoms with E-state index in [1.807, 2.05) is 31.2 Å². The van der Waals surface area contributed by atoms with E-state index in [0.717, 1.165) is 18.4 Å². The van der Waals surface area contributed by atoms with Crippen molar-refractivity contribution < 1.29 is 9.53 Å². The van der Waals surface area contributed by atoms with Crippen molar-refractivity contribution in [2.24, 2.45) is 0 Å². The number of carbonyl (C=O) groups is 1. The summed E-state index contributed by atoms with van der Waals surface area (Å²) in [5, 5.41) is -0.102. The van der Waals surface area contributed by atoms with Crippen LogP contribution in [0, 0.1) is 6.92 Å². The monoisotopic (exact) mass is 320 g/mol. The molecule has 1 aromatic rings. The molecule has 0 spiro atoms. The minimum atomic E-state index is -0.102. The summed E-state index contributed by atoms with van der Waals surface area (Å²) in [5.41, 5.74) is 2.14. The first-order valence-electron chi connectivity index (χ1n) is 8.22. The van der Waals surface area contributed by atoms with Crippen LogP contribution in [0.4, 0.5) is 0 Å². The van der Waals surface area contributed by atoms with Crippen molar-refractivity contribution in [2.45, 2.75) is 63.9 Å². The van der Waals surface area contributed by atoms with Gasteiger partial charge in [0.15, 0.2) is 5.78 Å². The number of unbranched alkanes of at least 4 members (excludes halogenated alkanes) is 2. The lowest BCUT2D eigenvalue weighted by Crippen LogP contribution is -2.27. The van der Waals surface area contributed by atoms with Gasteiger partial charge < -0.3 is 4.74 Å². The van der Waals surface area contributed by atoms with Crippen molar-refractivity contribution in [3.8, 4) is 0 Å². The summed E-state index contributed by atoms with van der Waals surface area (Å²) in [5.74, 6) is 0.755. The Morgan fingerprint density at radius 1 is 1.23 bits per heavy atom. The molecule has 0 amide bonds. The number of ketones is 1. The first kappa shape index (κ1) is 17.1. The second-order valence-electron chi connectivity index (χ2n) is 6.05. The highest BCUT2D eigenvalue weighted by Gasteiger charge is 2.25. The van der Waals surface area contributed by atoms with E-state index in [1.165, 1.54) is 18.4 Å². The molecule has 3 heteroatoms. The summed E-state index contributed by atoms with van der Waals surface area (Å²) < 4.78 is 6.15. The summed E-state index contributed by atoms with van der Waals surface area (Å²) in [6.07, 6.45) is 7.23. The van der Waals surface area contributed by atoms with Gasteiger partial charge in [-0.2, -0.15) is 0 Å². The summed E-state index contributed by atoms with van der Waals surface area (Å²) in [7, 11) is 0. The Balaban J connectivity index is 2.18. The van der Waals surface area contributed by atoms with E-state index in [-0.39, 0.29) is 17.3 Å². The first-order chi connectivity index (χ1) is 10.6. The maximum atomic E-state index is 12.0. The topological polar surface area (TPSA) is 26.3 Å². The molecule has 0 N–H and O–H groups in total. The van der Waals surface area contributed by atoms with Crippen molar-refractivity contribution in [3.05, 3.63) is 41.5 Å². The van der Waals surface area contributed by atoms with Gasteiger partial charge in [-0.05, 0) is 26.2 Å². The van der Waals surface area contributed by atoms with Crippen LogP contribution in [0.1, 0.15) is 56.6 Å². The highest BCUT2D eigenvalue weighted by Crippen LogP contribution is 2.28. The fourth-order valence-corrected chi connectivity index (χ4v) is 2.95. The molecule has 0 bridgehead atoms. The lowest BCUT2D eigenvalue weighted by molar-refractivity contribution is -0.115. The minimum Gasteiger partial charge on any atom is -0.488 e. The van der Waals surface area contributed by atoms with Gasteiger partial charge in [0.25, 0.3) is 0 Å². The summed E-state index contributed by atoms with van der Waals surface area (Å²) in [4.78, 5) is 12.0. The Morgan fingerprint density at radius 2 is 1.95 bits per heavy atom. The maximum absolute atomic E-state index is 12.0. The summed E-state index contributed by atoms with van der Waals surface area (Å²) >= 11 is 6.48. The Bertz CT molecular complexity index is 519. The third-order valence-electron chi connectivity index (χ3n) is 4.07. The molecule has 1 aromatic carbocycles. The van der Waals surface area contributed by atoms with E-state index in [4.69, 9.17) is 16.3 Å². The van der Waals surface area contributed by atoms with Crippen LogP contribution in [0.3, 0.4) is 0 Å². The van der Waals surface area contributed by atoms with Crippen LogP contribution in [0.15, 0.2) is 30.3 Å². The fraction of sp³-hybridized carbons (Fsp3) is 0.526. The molecule has 0 unspecified atom stereocenters. The molecule has 0 fully saturated rings. The van der Waals surface area contributed by atoms with Crippen LogP contribution < -0.4 is 0 Å². The zero-order valence-corrected chi connectivity index (χ0v) is 14.2. The predicted octanol–water partition coefficient (Wildman–Crippen LogP) is 5.27. The van der Waals surface area contributed by atoms with Crippen LogP contribution >= 0.6 is 11.6 Å². The number of aryl methyl sites for hydroxylation is 1. The van der Waals surface area contributed by atoms with Crippen molar-refractivity contribution in [1.29, 1.82) is 0 Å². The quantitative estimate of drug-likeness (QED) is 0.545. The molecule has 0 aromatic heterocycles. The van der Waals surface area contributed by atoms with Crippen molar-refractivity contribution in [3.63, 3.8) is 0 Å². The SMILES string of the molecule is CCCCC[C@H]1O/C(c2ccc(C)cc2)=C\C(=O)CC[C@H]1Cl. The Morgan fingerprint density at radius 3 is 2.64 bits per heavy atom. The molecule has 22 heavy (non-hydrogen) atoms. The highest BCUT2D eigenvalue weighted by atomic mass is 35.5. The number of ether oxygens (including phenoxy) is 1. The van der Waals surface area contributed by atoms with E-state index < -0.39 is 0 Å². The van der Waals surface area contributed by atoms with Crippen LogP contribution in [0.5, 0.6) is 0 Å². The van der Waals surface area contributed by atoms with Crippen LogP contribution in [0.25, 0.3) is 5.76 Å². The molecular weight excluding hydrogens is 296 g/mol. The smallest absolute Gasteiger partial charge is 0.159 e. The number of allylic oxidation sites excluding steroid dienone is 1. The third kappa shape index (κ3) is 4.88. The van der Waals surface area contributed by atoms with Crippen molar-refractivity contribution in [2.75, 3.05) is 0 Å². The molecule has 0 radical (unpaired) electrons. The van der Waals surface area contributed by atoms with Crippen LogP contribution in [0.2, 0.25) is 0 Å². The standard InChI is InChI=1S/C19H25ClO2/c1-3-4-5-6-18-17(20)12-11-16(21)13-19(22-18)15-9-7-14(2)8-10-15/h7-10,13,17-18H,3-6,11-12H2,1-2H3/b19-13-/t17-,18-/m1/s1.